The highest BCUT2D eigenvalue weighted by atomic mass is 15.0. The van der Waals surface area contributed by atoms with Crippen molar-refractivity contribution in [3.05, 3.63) is 290 Å². The van der Waals surface area contributed by atoms with Crippen LogP contribution < -0.4 is 0 Å². The van der Waals surface area contributed by atoms with Gasteiger partial charge in [0.1, 0.15) is 0 Å². The van der Waals surface area contributed by atoms with Gasteiger partial charge in [-0.1, -0.05) is 220 Å². The zero-order valence-electron chi connectivity index (χ0n) is 45.0. The van der Waals surface area contributed by atoms with E-state index in [0.29, 0.717) is 0 Å². The van der Waals surface area contributed by atoms with E-state index in [1.165, 1.54) is 165 Å². The Labute approximate surface area is 469 Å². The Bertz CT molecular complexity index is 5000. The third kappa shape index (κ3) is 6.87. The van der Waals surface area contributed by atoms with Crippen molar-refractivity contribution in [2.24, 2.45) is 0 Å². The molecule has 2 aromatic heterocycles. The van der Waals surface area contributed by atoms with Gasteiger partial charge in [0, 0.05) is 38.3 Å². The summed E-state index contributed by atoms with van der Waals surface area (Å²) in [5, 5.41) is 15.0. The summed E-state index contributed by atoms with van der Waals surface area (Å²) in [6.45, 7) is 4.82. The zero-order valence-corrected chi connectivity index (χ0v) is 45.0. The highest BCUT2D eigenvalue weighted by Gasteiger charge is 2.36. The van der Waals surface area contributed by atoms with Gasteiger partial charge in [-0.2, -0.15) is 0 Å². The molecule has 0 fully saturated rings. The van der Waals surface area contributed by atoms with E-state index >= 15 is 0 Å². The lowest BCUT2D eigenvalue weighted by atomic mass is 9.80. The topological polar surface area (TPSA) is 9.86 Å². The summed E-state index contributed by atoms with van der Waals surface area (Å²) in [7, 11) is 0. The molecule has 0 saturated heterocycles. The third-order valence-corrected chi connectivity index (χ3v) is 18.1. The minimum atomic E-state index is -0.217. The van der Waals surface area contributed by atoms with E-state index in [9.17, 15) is 0 Å². The Morgan fingerprint density at radius 3 is 0.938 bits per heavy atom. The van der Waals surface area contributed by atoms with Crippen LogP contribution in [0, 0.1) is 0 Å². The predicted octanol–water partition coefficient (Wildman–Crippen LogP) is 21.5. The molecule has 0 spiro atoms. The van der Waals surface area contributed by atoms with Gasteiger partial charge in [-0.25, -0.2) is 0 Å². The fourth-order valence-electron chi connectivity index (χ4n) is 14.1. The number of hydrogen-bond acceptors (Lipinski definition) is 0. The summed E-state index contributed by atoms with van der Waals surface area (Å²) in [5.74, 6) is 0. The second kappa shape index (κ2) is 17.4. The average molecular weight is 1030 g/mol. The van der Waals surface area contributed by atoms with E-state index in [1.807, 2.05) is 0 Å². The lowest BCUT2D eigenvalue weighted by Gasteiger charge is -2.23. The fraction of sp³-hybridized carbons (Fsp3) is 0.0380. The molecule has 0 amide bonds. The summed E-state index contributed by atoms with van der Waals surface area (Å²) < 4.78 is 4.84. The number of rotatable bonds is 6. The molecule has 0 unspecified atom stereocenters. The molecular formula is C79H52N2. The Morgan fingerprint density at radius 2 is 0.531 bits per heavy atom. The number of para-hydroxylation sites is 2. The van der Waals surface area contributed by atoms with Gasteiger partial charge in [-0.05, 0) is 183 Å². The van der Waals surface area contributed by atoms with Gasteiger partial charge in [0.25, 0.3) is 0 Å². The van der Waals surface area contributed by atoms with Crippen LogP contribution in [0.25, 0.3) is 154 Å². The van der Waals surface area contributed by atoms with E-state index in [-0.39, 0.29) is 5.41 Å². The molecule has 2 nitrogen and oxygen atoms in total. The quantitative estimate of drug-likeness (QED) is 0.157. The van der Waals surface area contributed by atoms with Crippen LogP contribution in [0.5, 0.6) is 0 Å². The summed E-state index contributed by atoms with van der Waals surface area (Å²) in [6.07, 6.45) is 0. The molecule has 1 aliphatic rings. The smallest absolute Gasteiger partial charge is 0.0541 e. The van der Waals surface area contributed by atoms with E-state index in [4.69, 9.17) is 0 Å². The number of aromatic nitrogens is 2. The Morgan fingerprint density at radius 1 is 0.222 bits per heavy atom. The van der Waals surface area contributed by atoms with Crippen molar-refractivity contribution < 1.29 is 0 Å². The lowest BCUT2D eigenvalue weighted by Crippen LogP contribution is -2.15. The van der Waals surface area contributed by atoms with Gasteiger partial charge in [0.15, 0.2) is 0 Å². The first-order chi connectivity index (χ1) is 39.9. The van der Waals surface area contributed by atoms with E-state index in [1.54, 1.807) is 0 Å². The molecule has 16 aromatic rings. The standard InChI is InChI=1S/C79H52N2/c1-79(2)73-47-55(61-39-37-59(63-19-7-9-21-65(61)63)53-31-41-77-71(45-53)69-23-11-13-25-75(69)80(77)57-33-27-49-15-3-5-17-51(49)43-57)29-35-67(73)68-36-30-56(48-74(68)79)62-40-38-60(64-20-8-10-22-66(62)64)54-32-42-78-72(46-54)70-24-12-14-26-76(70)81(78)58-34-28-50-16-4-6-18-52(50)44-58/h3-48H,1-2H3. The summed E-state index contributed by atoms with van der Waals surface area (Å²) in [4.78, 5) is 0. The van der Waals surface area contributed by atoms with Crippen molar-refractivity contribution in [3.63, 3.8) is 0 Å². The number of nitrogens with zero attached hydrogens (tertiary/aromatic N) is 2. The zero-order chi connectivity index (χ0) is 53.5. The maximum absolute atomic E-state index is 2.48. The number of benzene rings is 14. The van der Waals surface area contributed by atoms with Crippen molar-refractivity contribution in [1.29, 1.82) is 0 Å². The van der Waals surface area contributed by atoms with Crippen LogP contribution in [-0.2, 0) is 5.41 Å². The van der Waals surface area contributed by atoms with Crippen LogP contribution in [-0.4, -0.2) is 9.13 Å². The Balaban J connectivity index is 0.715. The van der Waals surface area contributed by atoms with Crippen molar-refractivity contribution in [2.75, 3.05) is 0 Å². The van der Waals surface area contributed by atoms with Gasteiger partial charge in [0.2, 0.25) is 0 Å². The minimum absolute atomic E-state index is 0.217. The van der Waals surface area contributed by atoms with Gasteiger partial charge < -0.3 is 9.13 Å². The van der Waals surface area contributed by atoms with Crippen LogP contribution in [0.3, 0.4) is 0 Å². The van der Waals surface area contributed by atoms with Crippen molar-refractivity contribution in [2.45, 2.75) is 19.3 Å². The highest BCUT2D eigenvalue weighted by Crippen LogP contribution is 2.52. The maximum Gasteiger partial charge on any atom is 0.0541 e. The maximum atomic E-state index is 2.48. The van der Waals surface area contributed by atoms with Crippen LogP contribution in [0.2, 0.25) is 0 Å². The second-order valence-electron chi connectivity index (χ2n) is 22.8. The number of hydrogen-bond donors (Lipinski definition) is 0. The molecular weight excluding hydrogens is 977 g/mol. The first-order valence-corrected chi connectivity index (χ1v) is 28.3. The largest absolute Gasteiger partial charge is 0.309 e. The summed E-state index contributed by atoms with van der Waals surface area (Å²) >= 11 is 0. The van der Waals surface area contributed by atoms with E-state index in [2.05, 4.69) is 302 Å². The summed E-state index contributed by atoms with van der Waals surface area (Å²) in [5.41, 5.74) is 22.2. The normalized spacial score (nSPS) is 12.9. The predicted molar refractivity (Wildman–Crippen MR) is 344 cm³/mol. The third-order valence-electron chi connectivity index (χ3n) is 18.1. The first-order valence-electron chi connectivity index (χ1n) is 28.3. The van der Waals surface area contributed by atoms with Gasteiger partial charge in [0.05, 0.1) is 22.1 Å². The monoisotopic (exact) mass is 1030 g/mol. The van der Waals surface area contributed by atoms with Gasteiger partial charge in [-0.3, -0.25) is 0 Å². The minimum Gasteiger partial charge on any atom is -0.309 e. The molecule has 2 heterocycles. The second-order valence-corrected chi connectivity index (χ2v) is 22.8. The van der Waals surface area contributed by atoms with Crippen LogP contribution >= 0.6 is 0 Å². The molecule has 0 aliphatic heterocycles. The molecule has 2 heteroatoms. The van der Waals surface area contributed by atoms with E-state index in [0.717, 1.165) is 0 Å². The molecule has 81 heavy (non-hydrogen) atoms. The lowest BCUT2D eigenvalue weighted by molar-refractivity contribution is 0.661. The highest BCUT2D eigenvalue weighted by molar-refractivity contribution is 6.15. The molecule has 14 aromatic carbocycles. The molecule has 1 aliphatic carbocycles. The van der Waals surface area contributed by atoms with Gasteiger partial charge in [-0.15, -0.1) is 0 Å². The Hall–Kier alpha value is -10.3. The Kier molecular flexibility index (Phi) is 9.80. The van der Waals surface area contributed by atoms with Crippen LogP contribution in [0.15, 0.2) is 279 Å². The average Bonchev–Trinajstić information content (AvgIpc) is 4.28. The molecule has 378 valence electrons. The SMILES string of the molecule is CC1(C)c2cc(-c3ccc(-c4ccc5c(c4)c4ccccc4n5-c4ccc5ccccc5c4)c4ccccc34)ccc2-c2ccc(-c3ccc(-c4ccc5c(c4)c4ccccc4n5-c4ccc5ccccc5c4)c4ccccc34)cc21. The van der Waals surface area contributed by atoms with E-state index < -0.39 is 0 Å². The van der Waals surface area contributed by atoms with Crippen LogP contribution in [0.4, 0.5) is 0 Å². The van der Waals surface area contributed by atoms with Gasteiger partial charge >= 0.3 is 0 Å². The number of fused-ring (bicyclic) bond motifs is 13. The molecule has 0 saturated carbocycles. The van der Waals surface area contributed by atoms with Crippen molar-refractivity contribution >= 4 is 86.7 Å². The molecule has 0 bridgehead atoms. The fourth-order valence-corrected chi connectivity index (χ4v) is 14.1. The van der Waals surface area contributed by atoms with Crippen LogP contribution in [0.1, 0.15) is 25.0 Å². The van der Waals surface area contributed by atoms with Crippen molar-refractivity contribution in [1.82, 2.24) is 9.13 Å². The summed E-state index contributed by atoms with van der Waals surface area (Å²) in [6, 6.07) is 104. The molecule has 0 N–H and O–H groups in total. The first kappa shape index (κ1) is 45.7. The molecule has 0 radical (unpaired) electrons. The van der Waals surface area contributed by atoms with Crippen molar-refractivity contribution in [3.8, 4) is 67.0 Å². The molecule has 17 rings (SSSR count). The molecule has 0 atom stereocenters.